The van der Waals surface area contributed by atoms with Crippen LogP contribution in [0.25, 0.3) is 38.7 Å². The Morgan fingerprint density at radius 3 is 2.26 bits per heavy atom. The van der Waals surface area contributed by atoms with Gasteiger partial charge in [-0.05, 0) is 116 Å². The van der Waals surface area contributed by atoms with Gasteiger partial charge in [0, 0.05) is 135 Å². The Kier molecular flexibility index (Phi) is 20.7. The number of ether oxygens (including phenoxy) is 1. The number of H-pyrrole nitrogens is 1. The summed E-state index contributed by atoms with van der Waals surface area (Å²) < 4.78 is 82.2. The predicted octanol–water partition coefficient (Wildman–Crippen LogP) is 11.7. The van der Waals surface area contributed by atoms with Gasteiger partial charge in [0.2, 0.25) is 11.7 Å². The second-order valence-corrected chi connectivity index (χ2v) is 26.5. The van der Waals surface area contributed by atoms with Crippen LogP contribution in [-0.4, -0.2) is 150 Å². The van der Waals surface area contributed by atoms with Crippen molar-refractivity contribution in [3.8, 4) is 28.0 Å². The number of aromatic amines is 1. The number of aryl methyl sites for hydroxylation is 3. The molecule has 8 aromatic rings. The molecule has 3 amide bonds. The van der Waals surface area contributed by atoms with E-state index in [9.17, 15) is 27.6 Å². The first kappa shape index (κ1) is 65.4. The Bertz CT molecular complexity index is 4140. The summed E-state index contributed by atoms with van der Waals surface area (Å²) >= 11 is 6.24. The zero-order valence-corrected chi connectivity index (χ0v) is 53.7. The molecular weight excluding hydrogens is 1210 g/mol. The molecule has 0 spiro atoms. The minimum atomic E-state index is -3.64. The monoisotopic (exact) mass is 1280 g/mol. The van der Waals surface area contributed by atoms with Crippen LogP contribution in [0.3, 0.4) is 0 Å². The van der Waals surface area contributed by atoms with Gasteiger partial charge in [-0.1, -0.05) is 85.0 Å². The van der Waals surface area contributed by atoms with Gasteiger partial charge < -0.3 is 34.3 Å². The smallest absolute Gasteiger partial charge is 0.269 e. The number of hydrogen-bond donors (Lipinski definition) is 2. The Labute approximate surface area is 533 Å². The summed E-state index contributed by atoms with van der Waals surface area (Å²) in [6, 6.07) is 24.1. The first-order valence-electron chi connectivity index (χ1n) is 30.7. The number of anilines is 1. The van der Waals surface area contributed by atoms with Crippen LogP contribution in [0.2, 0.25) is 5.02 Å². The van der Waals surface area contributed by atoms with E-state index in [1.807, 2.05) is 36.4 Å². The highest BCUT2D eigenvalue weighted by Crippen LogP contribution is 2.43. The van der Waals surface area contributed by atoms with E-state index in [0.717, 1.165) is 113 Å². The summed E-state index contributed by atoms with van der Waals surface area (Å²) in [6.07, 6.45) is 15.7. The average Bonchev–Trinajstić information content (AvgIpc) is 1.96. The molecule has 5 aromatic carbocycles. The van der Waals surface area contributed by atoms with Crippen molar-refractivity contribution >= 4 is 67.1 Å². The van der Waals surface area contributed by atoms with E-state index in [-0.39, 0.29) is 63.9 Å². The molecule has 17 nitrogen and oxygen atoms in total. The lowest BCUT2D eigenvalue weighted by atomic mass is 9.92. The molecule has 1 saturated heterocycles. The molecular formula is C69H76ClF3N10O7S. The molecule has 10 rings (SSSR count). The number of nitrogens with one attached hydrogen (secondary N) is 2. The van der Waals surface area contributed by atoms with E-state index in [2.05, 4.69) is 36.5 Å². The van der Waals surface area contributed by atoms with Crippen LogP contribution in [0.1, 0.15) is 117 Å². The highest BCUT2D eigenvalue weighted by atomic mass is 35.5. The second kappa shape index (κ2) is 28.7. The zero-order valence-electron chi connectivity index (χ0n) is 52.1. The van der Waals surface area contributed by atoms with Gasteiger partial charge in [-0.15, -0.1) is 5.10 Å². The Morgan fingerprint density at radius 1 is 0.824 bits per heavy atom. The average molecular weight is 1280 g/mol. The van der Waals surface area contributed by atoms with Gasteiger partial charge in [-0.3, -0.25) is 28.8 Å². The summed E-state index contributed by atoms with van der Waals surface area (Å²) in [5.74, 6) is -3.57. The first-order valence-corrected chi connectivity index (χ1v) is 33.2. The van der Waals surface area contributed by atoms with Crippen LogP contribution in [0.4, 0.5) is 18.9 Å². The van der Waals surface area contributed by atoms with Gasteiger partial charge in [0.1, 0.15) is 32.9 Å². The molecule has 0 unspecified atom stereocenters. The topological polar surface area (TPSA) is 188 Å². The summed E-state index contributed by atoms with van der Waals surface area (Å²) in [6.45, 7) is 7.02. The summed E-state index contributed by atoms with van der Waals surface area (Å²) in [7, 11) is 2.83. The third kappa shape index (κ3) is 15.3. The lowest BCUT2D eigenvalue weighted by Crippen LogP contribution is -2.46. The van der Waals surface area contributed by atoms with E-state index < -0.39 is 50.8 Å². The quantitative estimate of drug-likeness (QED) is 0.0409. The third-order valence-corrected chi connectivity index (χ3v) is 18.4. The number of unbranched alkanes of at least 4 members (excludes halogenated alkanes) is 5. The van der Waals surface area contributed by atoms with Crippen LogP contribution in [-0.2, 0) is 34.6 Å². The molecule has 22 heteroatoms. The summed E-state index contributed by atoms with van der Waals surface area (Å²) in [5.41, 5.74) is 5.08. The molecule has 3 aromatic heterocycles. The number of halogens is 4. The van der Waals surface area contributed by atoms with Crippen LogP contribution in [0.15, 0.2) is 116 Å². The lowest BCUT2D eigenvalue weighted by Gasteiger charge is -2.36. The standard InChI is InChI=1S/C69H76ClF3N10O7S/c1-44-56(71)25-26-57(72)62(44)63-55(68(86)76-59(43-91(6,88)89)47-16-13-18-49(70)37-47)42-79(4)66(63)67(85)46-21-19-45(20-22-46)15-11-9-7-8-10-12-29-80-33-35-81(36-34-80)50-23-24-51(60(38-50)90-5)53-39-52(64(73)65-54(53)40-58(75-65)69(87)78(2)3)48-17-14-30-82(41-48)61(84)27-31-83-32-28-74-77-83/h13,16-26,28,32,37-40,42,59,75H,7-12,14-15,27,29-31,33-36,41,43H2,1-6H3,(H,76,86)/t59-/m0/s1. The number of carbonyl (C=O) groups excluding carboxylic acids is 4. The number of nitrogens with zero attached hydrogens (tertiary/aromatic N) is 8. The van der Waals surface area contributed by atoms with Crippen molar-refractivity contribution < 1.29 is 45.5 Å². The maximum absolute atomic E-state index is 16.8. The summed E-state index contributed by atoms with van der Waals surface area (Å²) in [5, 5.41) is 11.4. The van der Waals surface area contributed by atoms with Crippen LogP contribution in [0.5, 0.6) is 5.75 Å². The first-order chi connectivity index (χ1) is 43.7. The van der Waals surface area contributed by atoms with E-state index in [0.29, 0.717) is 63.5 Å². The third-order valence-electron chi connectivity index (χ3n) is 17.2. The van der Waals surface area contributed by atoms with Gasteiger partial charge >= 0.3 is 0 Å². The maximum atomic E-state index is 16.8. The lowest BCUT2D eigenvalue weighted by molar-refractivity contribution is -0.131. The largest absolute Gasteiger partial charge is 0.496 e. The van der Waals surface area contributed by atoms with Crippen LogP contribution in [0, 0.1) is 24.4 Å². The number of sulfone groups is 1. The van der Waals surface area contributed by atoms with Gasteiger partial charge in [0.15, 0.2) is 5.82 Å². The van der Waals surface area contributed by atoms with Gasteiger partial charge in [-0.25, -0.2) is 21.6 Å². The maximum Gasteiger partial charge on any atom is 0.269 e. The highest BCUT2D eigenvalue weighted by Gasteiger charge is 2.33. The van der Waals surface area contributed by atoms with Gasteiger partial charge in [0.25, 0.3) is 11.8 Å². The Balaban J connectivity index is 0.714. The van der Waals surface area contributed by atoms with Crippen molar-refractivity contribution in [2.75, 3.05) is 83.9 Å². The molecule has 478 valence electrons. The Hall–Kier alpha value is -8.53. The zero-order chi connectivity index (χ0) is 64.7. The molecule has 0 aliphatic carbocycles. The van der Waals surface area contributed by atoms with Crippen molar-refractivity contribution in [3.63, 3.8) is 0 Å². The number of fused-ring (bicyclic) bond motifs is 1. The van der Waals surface area contributed by atoms with Crippen molar-refractivity contribution in [2.45, 2.75) is 77.3 Å². The number of aromatic nitrogens is 5. The van der Waals surface area contributed by atoms with Crippen LogP contribution >= 0.6 is 11.6 Å². The minimum absolute atomic E-state index is 0.0382. The molecule has 2 aliphatic rings. The van der Waals surface area contributed by atoms with Gasteiger partial charge in [-0.2, -0.15) is 0 Å². The molecule has 0 bridgehead atoms. The molecule has 5 heterocycles. The number of benzene rings is 5. The molecule has 1 atom stereocenters. The molecule has 1 fully saturated rings. The summed E-state index contributed by atoms with van der Waals surface area (Å²) in [4.78, 5) is 66.5. The van der Waals surface area contributed by atoms with Crippen LogP contribution < -0.4 is 15.0 Å². The normalized spacial score (nSPS) is 14.2. The number of piperazine rings is 1. The number of carbonyl (C=O) groups is 4. The van der Waals surface area contributed by atoms with Crippen molar-refractivity contribution in [1.82, 2.24) is 44.6 Å². The van der Waals surface area contributed by atoms with Crippen molar-refractivity contribution in [3.05, 3.63) is 183 Å². The Morgan fingerprint density at radius 2 is 1.56 bits per heavy atom. The number of ketones is 1. The van der Waals surface area contributed by atoms with Crippen molar-refractivity contribution in [2.24, 2.45) is 7.05 Å². The number of amides is 3. The number of rotatable bonds is 25. The number of hydrogen-bond acceptors (Lipinski definition) is 11. The van der Waals surface area contributed by atoms with Crippen molar-refractivity contribution in [1.29, 1.82) is 0 Å². The molecule has 2 aliphatic heterocycles. The SMILES string of the molecule is COc1cc(N2CCN(CCCCCCCCc3ccc(C(=O)c4c(-c5c(F)ccc(F)c5C)c(C(=O)N[C@@H](CS(C)(=O)=O)c5cccc(Cl)c5)cn4C)cc3)CC2)ccc1-c1cc(C2=CCCN(C(=O)CCn3ccnn3)C2)c(F)c2[nH]c(C(=O)N(C)C)cc12. The fraction of sp³-hybridized carbons (Fsp3) is 0.362. The minimum Gasteiger partial charge on any atom is -0.496 e. The highest BCUT2D eigenvalue weighted by molar-refractivity contribution is 7.90. The molecule has 91 heavy (non-hydrogen) atoms. The van der Waals surface area contributed by atoms with E-state index >= 15 is 13.2 Å². The van der Waals surface area contributed by atoms with E-state index in [1.165, 1.54) is 22.6 Å². The number of methoxy groups -OCH3 is 1. The second-order valence-electron chi connectivity index (χ2n) is 23.9. The molecule has 0 saturated carbocycles. The van der Waals surface area contributed by atoms with E-state index in [1.54, 1.807) is 92.7 Å². The molecule has 2 N–H and O–H groups in total. The fourth-order valence-corrected chi connectivity index (χ4v) is 13.5. The fourth-order valence-electron chi connectivity index (χ4n) is 12.4. The predicted molar refractivity (Wildman–Crippen MR) is 349 cm³/mol. The van der Waals surface area contributed by atoms with Gasteiger partial charge in [0.05, 0.1) is 48.4 Å². The molecule has 0 radical (unpaired) electrons. The van der Waals surface area contributed by atoms with E-state index in [4.69, 9.17) is 16.3 Å².